The second-order valence-corrected chi connectivity index (χ2v) is 4.73. The van der Waals surface area contributed by atoms with Crippen LogP contribution < -0.4 is 0 Å². The summed E-state index contributed by atoms with van der Waals surface area (Å²) in [5.74, 6) is -0.195. The SMILES string of the molecule is O=C(CBr)c1c(Cl)cc([N+](=O)[O-])cc1I. The van der Waals surface area contributed by atoms with Gasteiger partial charge in [-0.3, -0.25) is 14.9 Å². The average molecular weight is 404 g/mol. The van der Waals surface area contributed by atoms with Crippen molar-refractivity contribution in [1.82, 2.24) is 0 Å². The summed E-state index contributed by atoms with van der Waals surface area (Å²) in [4.78, 5) is 21.4. The van der Waals surface area contributed by atoms with Gasteiger partial charge in [-0.1, -0.05) is 27.5 Å². The van der Waals surface area contributed by atoms with Gasteiger partial charge in [0.25, 0.3) is 5.69 Å². The molecule has 0 fully saturated rings. The quantitative estimate of drug-likeness (QED) is 0.255. The minimum Gasteiger partial charge on any atom is -0.293 e. The lowest BCUT2D eigenvalue weighted by atomic mass is 10.1. The molecule has 0 aromatic heterocycles. The molecule has 0 atom stereocenters. The summed E-state index contributed by atoms with van der Waals surface area (Å²) in [6.07, 6.45) is 0. The molecule has 0 aliphatic rings. The van der Waals surface area contributed by atoms with Crippen molar-refractivity contribution in [2.75, 3.05) is 5.33 Å². The summed E-state index contributed by atoms with van der Waals surface area (Å²) < 4.78 is 0.483. The molecule has 4 nitrogen and oxygen atoms in total. The van der Waals surface area contributed by atoms with Gasteiger partial charge in [-0.25, -0.2) is 0 Å². The summed E-state index contributed by atoms with van der Waals surface area (Å²) >= 11 is 10.7. The van der Waals surface area contributed by atoms with Crippen molar-refractivity contribution in [3.05, 3.63) is 36.4 Å². The Kier molecular flexibility index (Phi) is 4.47. The van der Waals surface area contributed by atoms with Crippen molar-refractivity contribution in [2.24, 2.45) is 0 Å². The largest absolute Gasteiger partial charge is 0.293 e. The highest BCUT2D eigenvalue weighted by Gasteiger charge is 2.18. The monoisotopic (exact) mass is 403 g/mol. The number of rotatable bonds is 3. The number of nitrogens with zero attached hydrogens (tertiary/aromatic N) is 1. The Balaban J connectivity index is 3.33. The molecule has 1 rings (SSSR count). The summed E-state index contributed by atoms with van der Waals surface area (Å²) in [7, 11) is 0. The minimum atomic E-state index is -0.545. The molecule has 0 aliphatic heterocycles. The van der Waals surface area contributed by atoms with Crippen molar-refractivity contribution in [2.45, 2.75) is 0 Å². The number of benzene rings is 1. The van der Waals surface area contributed by atoms with Gasteiger partial charge in [-0.15, -0.1) is 0 Å². The predicted molar refractivity (Wildman–Crippen MR) is 68.9 cm³/mol. The Hall–Kier alpha value is -0.210. The zero-order valence-corrected chi connectivity index (χ0v) is 11.7. The standard InChI is InChI=1S/C8H4BrClINO3/c9-3-7(13)8-5(10)1-4(12(14)15)2-6(8)11/h1-2H,3H2. The van der Waals surface area contributed by atoms with E-state index >= 15 is 0 Å². The average Bonchev–Trinajstić information content (AvgIpc) is 2.16. The smallest absolute Gasteiger partial charge is 0.272 e. The molecule has 0 unspecified atom stereocenters. The first-order valence-corrected chi connectivity index (χ1v) is 6.27. The molecule has 80 valence electrons. The van der Waals surface area contributed by atoms with E-state index in [4.69, 9.17) is 11.6 Å². The van der Waals surface area contributed by atoms with Crippen LogP contribution in [0.4, 0.5) is 5.69 Å². The van der Waals surface area contributed by atoms with Crippen LogP contribution in [-0.4, -0.2) is 16.0 Å². The third-order valence-electron chi connectivity index (χ3n) is 1.64. The number of ketones is 1. The van der Waals surface area contributed by atoms with Gasteiger partial charge in [-0.2, -0.15) is 0 Å². The Morgan fingerprint density at radius 1 is 1.60 bits per heavy atom. The normalized spacial score (nSPS) is 10.1. The molecular weight excluding hydrogens is 400 g/mol. The van der Waals surface area contributed by atoms with E-state index in [1.807, 2.05) is 22.6 Å². The number of halogens is 3. The molecule has 7 heteroatoms. The van der Waals surface area contributed by atoms with Gasteiger partial charge >= 0.3 is 0 Å². The highest BCUT2D eigenvalue weighted by Crippen LogP contribution is 2.28. The van der Waals surface area contributed by atoms with E-state index in [-0.39, 0.29) is 21.8 Å². The van der Waals surface area contributed by atoms with Crippen LogP contribution in [-0.2, 0) is 0 Å². The number of alkyl halides is 1. The van der Waals surface area contributed by atoms with Gasteiger partial charge in [0, 0.05) is 15.7 Å². The second kappa shape index (κ2) is 5.22. The fraction of sp³-hybridized carbons (Fsp3) is 0.125. The van der Waals surface area contributed by atoms with E-state index in [0.717, 1.165) is 0 Å². The van der Waals surface area contributed by atoms with E-state index in [1.165, 1.54) is 12.1 Å². The van der Waals surface area contributed by atoms with Crippen LogP contribution in [0.15, 0.2) is 12.1 Å². The lowest BCUT2D eigenvalue weighted by molar-refractivity contribution is -0.384. The van der Waals surface area contributed by atoms with Crippen molar-refractivity contribution in [3.63, 3.8) is 0 Å². The van der Waals surface area contributed by atoms with Gasteiger partial charge in [0.15, 0.2) is 5.78 Å². The van der Waals surface area contributed by atoms with Crippen molar-refractivity contribution >= 4 is 61.6 Å². The maximum Gasteiger partial charge on any atom is 0.272 e. The Bertz CT molecular complexity index is 415. The van der Waals surface area contributed by atoms with Crippen molar-refractivity contribution in [3.8, 4) is 0 Å². The first-order valence-electron chi connectivity index (χ1n) is 3.70. The Labute approximate surface area is 112 Å². The molecule has 0 bridgehead atoms. The molecule has 0 spiro atoms. The van der Waals surface area contributed by atoms with E-state index in [9.17, 15) is 14.9 Å². The van der Waals surface area contributed by atoms with Crippen LogP contribution in [0.3, 0.4) is 0 Å². The number of nitro benzene ring substituents is 1. The molecule has 0 aliphatic carbocycles. The van der Waals surface area contributed by atoms with Gasteiger partial charge in [0.1, 0.15) is 0 Å². The summed E-state index contributed by atoms with van der Waals surface area (Å²) in [6.45, 7) is 0. The molecule has 1 aromatic rings. The molecule has 0 radical (unpaired) electrons. The van der Waals surface area contributed by atoms with Crippen molar-refractivity contribution in [1.29, 1.82) is 0 Å². The Morgan fingerprint density at radius 2 is 2.20 bits per heavy atom. The van der Waals surface area contributed by atoms with E-state index < -0.39 is 4.92 Å². The number of carbonyl (C=O) groups is 1. The fourth-order valence-electron chi connectivity index (χ4n) is 0.998. The first-order chi connectivity index (χ1) is 6.97. The third-order valence-corrected chi connectivity index (χ3v) is 3.30. The van der Waals surface area contributed by atoms with Gasteiger partial charge < -0.3 is 0 Å². The molecule has 1 aromatic carbocycles. The maximum absolute atomic E-state index is 11.4. The van der Waals surface area contributed by atoms with Crippen LogP contribution in [0.5, 0.6) is 0 Å². The fourth-order valence-corrected chi connectivity index (χ4v) is 2.67. The topological polar surface area (TPSA) is 60.2 Å². The number of Topliss-reactive ketones (excluding diaryl/α,β-unsaturated/α-hetero) is 1. The Morgan fingerprint density at radius 3 is 2.60 bits per heavy atom. The molecule has 0 N–H and O–H groups in total. The lowest BCUT2D eigenvalue weighted by Gasteiger charge is -2.03. The summed E-state index contributed by atoms with van der Waals surface area (Å²) in [5.41, 5.74) is 0.204. The second-order valence-electron chi connectivity index (χ2n) is 2.60. The number of nitro groups is 1. The van der Waals surface area contributed by atoms with E-state index in [2.05, 4.69) is 15.9 Å². The summed E-state index contributed by atoms with van der Waals surface area (Å²) in [6, 6.07) is 2.50. The van der Waals surface area contributed by atoms with Crippen molar-refractivity contribution < 1.29 is 9.72 Å². The van der Waals surface area contributed by atoms with E-state index in [1.54, 1.807) is 0 Å². The molecule has 0 saturated carbocycles. The number of hydrogen-bond acceptors (Lipinski definition) is 3. The van der Waals surface area contributed by atoms with E-state index in [0.29, 0.717) is 9.13 Å². The highest BCUT2D eigenvalue weighted by atomic mass is 127. The van der Waals surface area contributed by atoms with Gasteiger partial charge in [0.2, 0.25) is 0 Å². The zero-order valence-electron chi connectivity index (χ0n) is 7.17. The molecule has 0 heterocycles. The minimum absolute atomic E-state index is 0.109. The lowest BCUT2D eigenvalue weighted by Crippen LogP contribution is -2.04. The van der Waals surface area contributed by atoms with Gasteiger partial charge in [0.05, 0.1) is 20.8 Å². The molecule has 15 heavy (non-hydrogen) atoms. The molecular formula is C8H4BrClINO3. The van der Waals surface area contributed by atoms with Crippen LogP contribution in [0.25, 0.3) is 0 Å². The van der Waals surface area contributed by atoms with Crippen LogP contribution in [0.1, 0.15) is 10.4 Å². The zero-order chi connectivity index (χ0) is 11.6. The predicted octanol–water partition coefficient (Wildman–Crippen LogP) is 3.43. The number of hydrogen-bond donors (Lipinski definition) is 0. The molecule has 0 saturated heterocycles. The molecule has 0 amide bonds. The van der Waals surface area contributed by atoms with Crippen LogP contribution in [0, 0.1) is 13.7 Å². The van der Waals surface area contributed by atoms with Crippen LogP contribution in [0.2, 0.25) is 5.02 Å². The number of non-ortho nitro benzene ring substituents is 1. The van der Waals surface area contributed by atoms with Crippen LogP contribution >= 0.6 is 50.1 Å². The third kappa shape index (κ3) is 2.88. The first kappa shape index (κ1) is 12.9. The highest BCUT2D eigenvalue weighted by molar-refractivity contribution is 14.1. The maximum atomic E-state index is 11.4. The number of carbonyl (C=O) groups excluding carboxylic acids is 1. The van der Waals surface area contributed by atoms with Gasteiger partial charge in [-0.05, 0) is 22.6 Å². The summed E-state index contributed by atoms with van der Waals surface area (Å²) in [5, 5.41) is 10.8.